The summed E-state index contributed by atoms with van der Waals surface area (Å²) >= 11 is 10.9. The maximum atomic E-state index is 8.25. The molecule has 0 amide bonds. The molecule has 1 heterocycles. The van der Waals surface area contributed by atoms with E-state index < -0.39 is 6.47 Å². The van der Waals surface area contributed by atoms with Gasteiger partial charge in [-0.15, -0.1) is 0 Å². The van der Waals surface area contributed by atoms with Crippen molar-refractivity contribution in [1.29, 1.82) is 0 Å². The molecule has 0 aliphatic carbocycles. The molecular formula is C6H4Cl2NNaO2. The number of carboxylic acid groups (broad SMARTS) is 1. The summed E-state index contributed by atoms with van der Waals surface area (Å²) in [4.78, 5) is 12.0. The van der Waals surface area contributed by atoms with Crippen LogP contribution in [0.1, 0.15) is 0 Å². The largest absolute Gasteiger partial charge is 1.00 e. The third kappa shape index (κ3) is 8.30. The van der Waals surface area contributed by atoms with Gasteiger partial charge in [-0.3, -0.25) is 0 Å². The fourth-order valence-electron chi connectivity index (χ4n) is 0.358. The first-order valence-corrected chi connectivity index (χ1v) is 3.29. The van der Waals surface area contributed by atoms with Gasteiger partial charge in [0.1, 0.15) is 5.15 Å². The molecule has 3 nitrogen and oxygen atoms in total. The van der Waals surface area contributed by atoms with E-state index in [1.54, 1.807) is 12.1 Å². The molecule has 0 saturated carbocycles. The van der Waals surface area contributed by atoms with Gasteiger partial charge in [0.25, 0.3) is 0 Å². The Balaban J connectivity index is 0. The molecule has 0 aliphatic heterocycles. The van der Waals surface area contributed by atoms with Gasteiger partial charge in [0.2, 0.25) is 0 Å². The monoisotopic (exact) mass is 215 g/mol. The van der Waals surface area contributed by atoms with E-state index in [1.165, 1.54) is 6.20 Å². The van der Waals surface area contributed by atoms with Crippen LogP contribution in [0.2, 0.25) is 10.2 Å². The van der Waals surface area contributed by atoms with Crippen molar-refractivity contribution in [3.63, 3.8) is 0 Å². The SMILES string of the molecule is Clc1ccc(Cl)nc1.O=C[O-].[Na+]. The molecule has 1 aromatic rings. The van der Waals surface area contributed by atoms with E-state index in [2.05, 4.69) is 4.98 Å². The van der Waals surface area contributed by atoms with Gasteiger partial charge in [-0.25, -0.2) is 4.98 Å². The van der Waals surface area contributed by atoms with Crippen LogP contribution in [0.25, 0.3) is 0 Å². The molecule has 12 heavy (non-hydrogen) atoms. The Morgan fingerprint density at radius 2 is 1.92 bits per heavy atom. The Kier molecular flexibility index (Phi) is 11.4. The molecule has 0 radical (unpaired) electrons. The second kappa shape index (κ2) is 9.29. The summed E-state index contributed by atoms with van der Waals surface area (Å²) in [5.74, 6) is 0. The van der Waals surface area contributed by atoms with Crippen LogP contribution in [-0.4, -0.2) is 11.5 Å². The van der Waals surface area contributed by atoms with Crippen molar-refractivity contribution in [3.05, 3.63) is 28.5 Å². The fraction of sp³-hybridized carbons (Fsp3) is 0. The van der Waals surface area contributed by atoms with Crippen molar-refractivity contribution < 1.29 is 39.5 Å². The van der Waals surface area contributed by atoms with Gasteiger partial charge in [0.15, 0.2) is 0 Å². The molecule has 6 heteroatoms. The van der Waals surface area contributed by atoms with E-state index in [-0.39, 0.29) is 29.6 Å². The van der Waals surface area contributed by atoms with Crippen molar-refractivity contribution in [2.45, 2.75) is 0 Å². The molecule has 1 aromatic heterocycles. The van der Waals surface area contributed by atoms with Gasteiger partial charge in [-0.05, 0) is 12.1 Å². The number of carbonyl (C=O) groups excluding carboxylic acids is 1. The van der Waals surface area contributed by atoms with E-state index in [4.69, 9.17) is 33.1 Å². The van der Waals surface area contributed by atoms with Gasteiger partial charge < -0.3 is 9.90 Å². The summed E-state index contributed by atoms with van der Waals surface area (Å²) in [6.07, 6.45) is 1.50. The fourth-order valence-corrected chi connectivity index (χ4v) is 0.581. The van der Waals surface area contributed by atoms with Gasteiger partial charge in [-0.2, -0.15) is 0 Å². The van der Waals surface area contributed by atoms with Crippen LogP contribution >= 0.6 is 23.2 Å². The van der Waals surface area contributed by atoms with E-state index in [1.807, 2.05) is 0 Å². The average molecular weight is 216 g/mol. The van der Waals surface area contributed by atoms with Crippen LogP contribution in [0.3, 0.4) is 0 Å². The zero-order valence-electron chi connectivity index (χ0n) is 6.33. The quantitative estimate of drug-likeness (QED) is 0.280. The maximum absolute atomic E-state index is 8.25. The molecule has 0 N–H and O–H groups in total. The zero-order chi connectivity index (χ0) is 8.69. The molecule has 0 aromatic carbocycles. The number of pyridine rings is 1. The second-order valence-electron chi connectivity index (χ2n) is 1.40. The first-order chi connectivity index (χ1) is 5.20. The van der Waals surface area contributed by atoms with Gasteiger partial charge in [0, 0.05) is 12.7 Å². The zero-order valence-corrected chi connectivity index (χ0v) is 9.84. The number of carbonyl (C=O) groups is 1. The maximum Gasteiger partial charge on any atom is 1.00 e. The molecule has 0 spiro atoms. The first-order valence-electron chi connectivity index (χ1n) is 2.53. The summed E-state index contributed by atoms with van der Waals surface area (Å²) in [6.45, 7) is -0.500. The van der Waals surface area contributed by atoms with Gasteiger partial charge in [-0.1, -0.05) is 23.2 Å². The van der Waals surface area contributed by atoms with Crippen molar-refractivity contribution in [3.8, 4) is 0 Å². The Bertz CT molecular complexity index is 196. The van der Waals surface area contributed by atoms with E-state index in [0.717, 1.165) is 0 Å². The second-order valence-corrected chi connectivity index (χ2v) is 2.22. The summed E-state index contributed by atoms with van der Waals surface area (Å²) in [6, 6.07) is 3.33. The van der Waals surface area contributed by atoms with E-state index in [0.29, 0.717) is 10.2 Å². The number of rotatable bonds is 0. The smallest absolute Gasteiger partial charge is 0.554 e. The summed E-state index contributed by atoms with van der Waals surface area (Å²) in [5, 5.41) is 9.32. The standard InChI is InChI=1S/C5H3Cl2N.CH2O2.Na/c6-4-1-2-5(7)8-3-4;2-1-3;/h1-3H;1H,(H,2,3);/q;;+1/p-1. The molecule has 1 rings (SSSR count). The van der Waals surface area contributed by atoms with Crippen LogP contribution in [0, 0.1) is 0 Å². The van der Waals surface area contributed by atoms with Crippen molar-refractivity contribution >= 4 is 29.7 Å². The number of aromatic nitrogens is 1. The Hall–Kier alpha value is 0.200. The predicted octanol–water partition coefficient (Wildman–Crippen LogP) is -2.24. The normalized spacial score (nSPS) is 7.17. The third-order valence-electron chi connectivity index (χ3n) is 0.691. The number of hydrogen-bond donors (Lipinski definition) is 0. The summed E-state index contributed by atoms with van der Waals surface area (Å²) in [7, 11) is 0. The summed E-state index contributed by atoms with van der Waals surface area (Å²) in [5.41, 5.74) is 0. The van der Waals surface area contributed by atoms with Crippen LogP contribution < -0.4 is 34.7 Å². The molecule has 0 fully saturated rings. The van der Waals surface area contributed by atoms with Crippen LogP contribution in [0.4, 0.5) is 0 Å². The minimum Gasteiger partial charge on any atom is -0.554 e. The summed E-state index contributed by atoms with van der Waals surface area (Å²) < 4.78 is 0. The molecule has 0 bridgehead atoms. The number of halogens is 2. The van der Waals surface area contributed by atoms with Crippen molar-refractivity contribution in [2.24, 2.45) is 0 Å². The first kappa shape index (κ1) is 14.7. The molecule has 0 atom stereocenters. The van der Waals surface area contributed by atoms with Crippen molar-refractivity contribution in [1.82, 2.24) is 4.98 Å². The van der Waals surface area contributed by atoms with Gasteiger partial charge >= 0.3 is 29.6 Å². The Morgan fingerprint density at radius 1 is 1.42 bits per heavy atom. The molecule has 0 saturated heterocycles. The number of hydrogen-bond acceptors (Lipinski definition) is 3. The minimum absolute atomic E-state index is 0. The van der Waals surface area contributed by atoms with Crippen LogP contribution in [-0.2, 0) is 4.79 Å². The predicted molar refractivity (Wildman–Crippen MR) is 40.3 cm³/mol. The van der Waals surface area contributed by atoms with E-state index in [9.17, 15) is 0 Å². The molecule has 60 valence electrons. The average Bonchev–Trinajstić information content (AvgIpc) is 1.97. The minimum atomic E-state index is -0.500. The number of nitrogens with zero attached hydrogens (tertiary/aromatic N) is 1. The van der Waals surface area contributed by atoms with Crippen LogP contribution in [0.15, 0.2) is 18.3 Å². The van der Waals surface area contributed by atoms with Gasteiger partial charge in [0.05, 0.1) is 5.02 Å². The third-order valence-corrected chi connectivity index (χ3v) is 1.14. The van der Waals surface area contributed by atoms with E-state index >= 15 is 0 Å². The topological polar surface area (TPSA) is 53.0 Å². The Labute approximate surface area is 102 Å². The Morgan fingerprint density at radius 3 is 2.17 bits per heavy atom. The molecule has 0 unspecified atom stereocenters. The molecular weight excluding hydrogens is 212 g/mol. The van der Waals surface area contributed by atoms with Crippen LogP contribution in [0.5, 0.6) is 0 Å². The van der Waals surface area contributed by atoms with Crippen molar-refractivity contribution in [2.75, 3.05) is 0 Å². The molecule has 0 aliphatic rings.